The van der Waals surface area contributed by atoms with Crippen LogP contribution in [-0.4, -0.2) is 92.5 Å². The molecule has 1 aliphatic heterocycles. The van der Waals surface area contributed by atoms with Crippen LogP contribution >= 0.6 is 0 Å². The van der Waals surface area contributed by atoms with Crippen LogP contribution in [-0.2, 0) is 30.4 Å². The van der Waals surface area contributed by atoms with Crippen LogP contribution < -0.4 is 16.4 Å². The van der Waals surface area contributed by atoms with Crippen molar-refractivity contribution in [3.63, 3.8) is 0 Å². The van der Waals surface area contributed by atoms with E-state index in [1.165, 1.54) is 21.7 Å². The van der Waals surface area contributed by atoms with Gasteiger partial charge in [-0.15, -0.1) is 0 Å². The Kier molecular flexibility index (Phi) is 12.7. The monoisotopic (exact) mass is 747 g/mol. The van der Waals surface area contributed by atoms with E-state index < -0.39 is 59.4 Å². The van der Waals surface area contributed by atoms with Crippen molar-refractivity contribution in [1.29, 1.82) is 0 Å². The van der Waals surface area contributed by atoms with E-state index in [2.05, 4.69) is 10.6 Å². The highest BCUT2D eigenvalue weighted by Crippen LogP contribution is 2.40. The van der Waals surface area contributed by atoms with Crippen LogP contribution in [0, 0.1) is 23.0 Å². The first kappa shape index (κ1) is 39.9. The average Bonchev–Trinajstić information content (AvgIpc) is 3.86. The Bertz CT molecular complexity index is 1880. The van der Waals surface area contributed by atoms with Crippen LogP contribution in [0.4, 0.5) is 8.78 Å². The minimum absolute atomic E-state index is 0.0246. The molecule has 13 nitrogen and oxygen atoms in total. The van der Waals surface area contributed by atoms with Crippen molar-refractivity contribution in [2.75, 3.05) is 26.2 Å². The number of rotatable bonds is 15. The molecule has 288 valence electrons. The van der Waals surface area contributed by atoms with Crippen LogP contribution in [0.3, 0.4) is 0 Å². The van der Waals surface area contributed by atoms with Gasteiger partial charge in [0, 0.05) is 68.0 Å². The molecule has 2 aromatic carbocycles. The molecule has 5 amide bonds. The van der Waals surface area contributed by atoms with Gasteiger partial charge in [0.2, 0.25) is 17.7 Å². The third-order valence-electron chi connectivity index (χ3n) is 9.76. The number of amides is 5. The molecule has 1 aliphatic carbocycles. The normalized spacial score (nSPS) is 18.2. The van der Waals surface area contributed by atoms with E-state index in [9.17, 15) is 37.9 Å². The highest BCUT2D eigenvalue weighted by atomic mass is 19.1. The largest absolute Gasteiger partial charge is 0.387 e. The number of carbonyl (C=O) groups excluding carboxylic acids is 5. The molecular formula is C39H47F2N7O6. The lowest BCUT2D eigenvalue weighted by Crippen LogP contribution is -2.49. The quantitative estimate of drug-likeness (QED) is 0.171. The fourth-order valence-corrected chi connectivity index (χ4v) is 7.06. The summed E-state index contributed by atoms with van der Waals surface area (Å²) in [5.74, 6) is -3.87. The molecule has 0 unspecified atom stereocenters. The van der Waals surface area contributed by atoms with Gasteiger partial charge in [0.05, 0.1) is 17.8 Å². The SMILES string of the molecule is CC(C)(C)[C@H](c1nn(-c2cc(F)ccc2F)cc1Cc1ccccc1)N(CC[C@H](N)C(=O)N[C@H]1CC[C@H](C(=O)NCCN2C(=O)C=CC2=O)C1)C(=O)CO. The van der Waals surface area contributed by atoms with Gasteiger partial charge in [-0.3, -0.25) is 28.9 Å². The molecule has 5 rings (SSSR count). The van der Waals surface area contributed by atoms with Crippen LogP contribution in [0.15, 0.2) is 66.9 Å². The van der Waals surface area contributed by atoms with E-state index in [4.69, 9.17) is 10.8 Å². The van der Waals surface area contributed by atoms with Gasteiger partial charge in [-0.05, 0) is 48.8 Å². The van der Waals surface area contributed by atoms with Crippen LogP contribution in [0.2, 0.25) is 0 Å². The third kappa shape index (κ3) is 9.63. The lowest BCUT2D eigenvalue weighted by molar-refractivity contribution is -0.140. The van der Waals surface area contributed by atoms with E-state index in [1.54, 1.807) is 6.20 Å². The molecule has 54 heavy (non-hydrogen) atoms. The molecule has 1 fully saturated rings. The van der Waals surface area contributed by atoms with Gasteiger partial charge in [0.15, 0.2) is 0 Å². The zero-order chi connectivity index (χ0) is 39.2. The zero-order valence-corrected chi connectivity index (χ0v) is 30.6. The van der Waals surface area contributed by atoms with Gasteiger partial charge in [0.1, 0.15) is 23.9 Å². The molecule has 2 heterocycles. The molecule has 5 N–H and O–H groups in total. The Balaban J connectivity index is 1.28. The summed E-state index contributed by atoms with van der Waals surface area (Å²) in [6, 6.07) is 10.4. The molecule has 0 saturated heterocycles. The first-order valence-electron chi connectivity index (χ1n) is 18.0. The molecule has 0 spiro atoms. The van der Waals surface area contributed by atoms with Crippen molar-refractivity contribution in [3.05, 3.63) is 95.3 Å². The maximum atomic E-state index is 15.0. The Morgan fingerprint density at radius 3 is 2.43 bits per heavy atom. The Morgan fingerprint density at radius 1 is 1.06 bits per heavy atom. The number of halogens is 2. The Morgan fingerprint density at radius 2 is 1.76 bits per heavy atom. The van der Waals surface area contributed by atoms with Gasteiger partial charge in [-0.25, -0.2) is 13.5 Å². The van der Waals surface area contributed by atoms with E-state index in [0.29, 0.717) is 36.9 Å². The molecule has 0 radical (unpaired) electrons. The predicted octanol–water partition coefficient (Wildman–Crippen LogP) is 2.69. The van der Waals surface area contributed by atoms with E-state index in [1.807, 2.05) is 51.1 Å². The summed E-state index contributed by atoms with van der Waals surface area (Å²) in [7, 11) is 0. The average molecular weight is 748 g/mol. The number of nitrogens with two attached hydrogens (primary N) is 1. The predicted molar refractivity (Wildman–Crippen MR) is 194 cm³/mol. The molecule has 1 aromatic heterocycles. The molecule has 0 bridgehead atoms. The van der Waals surface area contributed by atoms with Crippen molar-refractivity contribution in [3.8, 4) is 5.69 Å². The molecule has 3 aromatic rings. The van der Waals surface area contributed by atoms with Crippen molar-refractivity contribution in [1.82, 2.24) is 30.2 Å². The number of benzene rings is 2. The van der Waals surface area contributed by atoms with Crippen molar-refractivity contribution >= 4 is 29.5 Å². The lowest BCUT2D eigenvalue weighted by atomic mass is 9.81. The maximum absolute atomic E-state index is 15.0. The van der Waals surface area contributed by atoms with Crippen molar-refractivity contribution in [2.24, 2.45) is 17.1 Å². The number of aromatic nitrogens is 2. The smallest absolute Gasteiger partial charge is 0.253 e. The standard InChI is InChI=1S/C39H47F2N7O6/c1-39(2,3)36(35-26(19-24-7-5-4-6-8-24)22-48(45-35)31-21-27(40)10-12-29(31)41)47(34(52)23-49)17-15-30(42)38(54)44-28-11-9-25(20-28)37(53)43-16-18-46-32(50)13-14-33(46)51/h4-8,10,12-14,21-22,25,28,30,36,49H,9,11,15-20,23,42H2,1-3H3,(H,43,53)(H,44,54)/t25-,28-,30-,36-/m0/s1. The van der Waals surface area contributed by atoms with Gasteiger partial charge in [-0.2, -0.15) is 5.10 Å². The fourth-order valence-electron chi connectivity index (χ4n) is 7.06. The first-order chi connectivity index (χ1) is 25.7. The zero-order valence-electron chi connectivity index (χ0n) is 30.6. The topological polar surface area (TPSA) is 180 Å². The van der Waals surface area contributed by atoms with Crippen LogP contribution in [0.25, 0.3) is 5.69 Å². The highest BCUT2D eigenvalue weighted by molar-refractivity contribution is 6.12. The Hall–Kier alpha value is -5.28. The fraction of sp³-hybridized carbons (Fsp3) is 0.436. The number of nitrogens with one attached hydrogen (secondary N) is 2. The summed E-state index contributed by atoms with van der Waals surface area (Å²) in [6.07, 6.45) is 5.82. The summed E-state index contributed by atoms with van der Waals surface area (Å²) < 4.78 is 30.5. The summed E-state index contributed by atoms with van der Waals surface area (Å²) in [4.78, 5) is 65.5. The summed E-state index contributed by atoms with van der Waals surface area (Å²) in [5.41, 5.74) is 7.55. The van der Waals surface area contributed by atoms with E-state index in [-0.39, 0.29) is 49.6 Å². The third-order valence-corrected chi connectivity index (χ3v) is 9.76. The number of hydrogen-bond donors (Lipinski definition) is 4. The molecule has 1 saturated carbocycles. The number of nitrogens with zero attached hydrogens (tertiary/aromatic N) is 4. The number of aliphatic hydroxyl groups excluding tert-OH is 1. The van der Waals surface area contributed by atoms with E-state index >= 15 is 0 Å². The van der Waals surface area contributed by atoms with E-state index in [0.717, 1.165) is 28.7 Å². The van der Waals surface area contributed by atoms with Crippen molar-refractivity contribution in [2.45, 2.75) is 71.0 Å². The first-order valence-corrected chi connectivity index (χ1v) is 18.0. The number of imide groups is 1. The van der Waals surface area contributed by atoms with Gasteiger partial charge >= 0.3 is 0 Å². The van der Waals surface area contributed by atoms with Crippen molar-refractivity contribution < 1.29 is 37.9 Å². The second-order valence-electron chi connectivity index (χ2n) is 14.8. The summed E-state index contributed by atoms with van der Waals surface area (Å²) in [6.45, 7) is 5.00. The minimum atomic E-state index is -1.04. The van der Waals surface area contributed by atoms with Crippen LogP contribution in [0.1, 0.15) is 69.3 Å². The van der Waals surface area contributed by atoms with Gasteiger partial charge in [0.25, 0.3) is 11.8 Å². The Labute approximate surface area is 312 Å². The second kappa shape index (κ2) is 17.2. The molecule has 4 atom stereocenters. The summed E-state index contributed by atoms with van der Waals surface area (Å²) >= 11 is 0. The van der Waals surface area contributed by atoms with Gasteiger partial charge in [-0.1, -0.05) is 51.1 Å². The lowest BCUT2D eigenvalue weighted by Gasteiger charge is -2.40. The highest BCUT2D eigenvalue weighted by Gasteiger charge is 2.39. The number of aliphatic hydroxyl groups is 1. The maximum Gasteiger partial charge on any atom is 0.253 e. The molecular weight excluding hydrogens is 700 g/mol. The summed E-state index contributed by atoms with van der Waals surface area (Å²) in [5, 5.41) is 20.5. The number of hydrogen-bond acceptors (Lipinski definition) is 8. The minimum Gasteiger partial charge on any atom is -0.387 e. The molecule has 2 aliphatic rings. The number of carbonyl (C=O) groups is 5. The van der Waals surface area contributed by atoms with Gasteiger partial charge < -0.3 is 26.4 Å². The second-order valence-corrected chi connectivity index (χ2v) is 14.8. The molecule has 15 heteroatoms. The van der Waals surface area contributed by atoms with Crippen LogP contribution in [0.5, 0.6) is 0 Å².